The normalized spacial score (nSPS) is 10.9. The lowest BCUT2D eigenvalue weighted by Gasteiger charge is -2.08. The average molecular weight is 376 g/mol. The highest BCUT2D eigenvalue weighted by molar-refractivity contribution is 7.99. The number of carbonyl (C=O) groups is 2. The van der Waals surface area contributed by atoms with Crippen molar-refractivity contribution < 1.29 is 18.4 Å². The number of hydrazine groups is 1. The van der Waals surface area contributed by atoms with Crippen LogP contribution in [0.15, 0.2) is 59.8 Å². The Hall–Kier alpha value is -2.94. The summed E-state index contributed by atoms with van der Waals surface area (Å²) < 4.78 is 27.4. The minimum Gasteiger partial charge on any atom is -0.272 e. The number of aromatic nitrogens is 2. The van der Waals surface area contributed by atoms with Gasteiger partial charge in [0, 0.05) is 5.56 Å². The molecule has 0 aliphatic carbocycles. The van der Waals surface area contributed by atoms with Crippen LogP contribution in [-0.2, 0) is 4.79 Å². The van der Waals surface area contributed by atoms with Gasteiger partial charge in [-0.2, -0.15) is 8.78 Å². The molecule has 3 rings (SSSR count). The molecule has 0 atom stereocenters. The van der Waals surface area contributed by atoms with E-state index in [-0.39, 0.29) is 10.9 Å². The van der Waals surface area contributed by atoms with E-state index < -0.39 is 18.4 Å². The Labute approximate surface area is 151 Å². The number of para-hydroxylation sites is 2. The Bertz CT molecular complexity index is 931. The van der Waals surface area contributed by atoms with E-state index >= 15 is 0 Å². The summed E-state index contributed by atoms with van der Waals surface area (Å²) in [5.74, 6) is -1.18. The van der Waals surface area contributed by atoms with Crippen molar-refractivity contribution in [2.75, 3.05) is 5.75 Å². The summed E-state index contributed by atoms with van der Waals surface area (Å²) in [6.07, 6.45) is 0. The van der Waals surface area contributed by atoms with Crippen LogP contribution < -0.4 is 10.9 Å². The van der Waals surface area contributed by atoms with E-state index in [0.717, 1.165) is 16.3 Å². The second-order valence-corrected chi connectivity index (χ2v) is 6.13. The number of carbonyl (C=O) groups excluding carboxylic acids is 2. The van der Waals surface area contributed by atoms with Crippen LogP contribution in [0.1, 0.15) is 16.9 Å². The molecule has 2 amide bonds. The summed E-state index contributed by atoms with van der Waals surface area (Å²) in [5.41, 5.74) is 5.63. The van der Waals surface area contributed by atoms with Crippen LogP contribution in [-0.4, -0.2) is 27.1 Å². The highest BCUT2D eigenvalue weighted by atomic mass is 32.2. The lowest BCUT2D eigenvalue weighted by molar-refractivity contribution is -0.119. The summed E-state index contributed by atoms with van der Waals surface area (Å²) in [4.78, 5) is 27.8. The van der Waals surface area contributed by atoms with Gasteiger partial charge in [0.1, 0.15) is 0 Å². The molecule has 0 bridgehead atoms. The molecule has 9 heteroatoms. The van der Waals surface area contributed by atoms with E-state index in [4.69, 9.17) is 0 Å². The molecule has 3 aromatic rings. The zero-order chi connectivity index (χ0) is 18.5. The number of alkyl halides is 2. The molecule has 1 aromatic heterocycles. The van der Waals surface area contributed by atoms with E-state index in [1.165, 1.54) is 0 Å². The Morgan fingerprint density at radius 3 is 2.46 bits per heavy atom. The number of hydrogen-bond acceptors (Lipinski definition) is 4. The average Bonchev–Trinajstić information content (AvgIpc) is 3.03. The molecule has 0 saturated heterocycles. The molecule has 0 fully saturated rings. The third kappa shape index (κ3) is 3.99. The predicted molar refractivity (Wildman–Crippen MR) is 93.8 cm³/mol. The quantitative estimate of drug-likeness (QED) is 0.530. The molecule has 0 aliphatic rings. The van der Waals surface area contributed by atoms with Crippen molar-refractivity contribution in [2.45, 2.75) is 11.7 Å². The van der Waals surface area contributed by atoms with E-state index in [0.29, 0.717) is 16.6 Å². The summed E-state index contributed by atoms with van der Waals surface area (Å²) >= 11 is 0.865. The number of amides is 2. The third-order valence-electron chi connectivity index (χ3n) is 3.44. The topological polar surface area (TPSA) is 76.0 Å². The SMILES string of the molecule is O=C(CSc1nc2ccccc2n1C(F)F)NNC(=O)c1ccccc1. The van der Waals surface area contributed by atoms with E-state index in [1.54, 1.807) is 54.6 Å². The Morgan fingerprint density at radius 1 is 1.04 bits per heavy atom. The highest BCUT2D eigenvalue weighted by Gasteiger charge is 2.18. The lowest BCUT2D eigenvalue weighted by Crippen LogP contribution is -2.42. The fourth-order valence-electron chi connectivity index (χ4n) is 2.27. The molecular weight excluding hydrogens is 362 g/mol. The zero-order valence-corrected chi connectivity index (χ0v) is 14.2. The van der Waals surface area contributed by atoms with Gasteiger partial charge in [0.25, 0.3) is 5.91 Å². The number of halogens is 2. The van der Waals surface area contributed by atoms with Gasteiger partial charge in [0.2, 0.25) is 5.91 Å². The number of thioether (sulfide) groups is 1. The molecule has 0 aliphatic heterocycles. The van der Waals surface area contributed by atoms with Crippen molar-refractivity contribution in [1.82, 2.24) is 20.4 Å². The first kappa shape index (κ1) is 17.9. The summed E-state index contributed by atoms with van der Waals surface area (Å²) in [6.45, 7) is -2.77. The fourth-order valence-corrected chi connectivity index (χ4v) is 3.08. The van der Waals surface area contributed by atoms with Crippen LogP contribution in [0.3, 0.4) is 0 Å². The van der Waals surface area contributed by atoms with Crippen molar-refractivity contribution in [2.24, 2.45) is 0 Å². The van der Waals surface area contributed by atoms with Crippen LogP contribution in [0.2, 0.25) is 0 Å². The van der Waals surface area contributed by atoms with Crippen LogP contribution in [0.5, 0.6) is 0 Å². The van der Waals surface area contributed by atoms with Crippen LogP contribution >= 0.6 is 11.8 Å². The second kappa shape index (κ2) is 7.96. The molecule has 1 heterocycles. The lowest BCUT2D eigenvalue weighted by atomic mass is 10.2. The monoisotopic (exact) mass is 376 g/mol. The number of rotatable bonds is 5. The molecule has 134 valence electrons. The van der Waals surface area contributed by atoms with Crippen molar-refractivity contribution in [3.63, 3.8) is 0 Å². The molecule has 0 unspecified atom stereocenters. The van der Waals surface area contributed by atoms with Gasteiger partial charge in [-0.3, -0.25) is 25.0 Å². The number of nitrogens with zero attached hydrogens (tertiary/aromatic N) is 2. The van der Waals surface area contributed by atoms with Crippen molar-refractivity contribution in [3.8, 4) is 0 Å². The van der Waals surface area contributed by atoms with Crippen LogP contribution in [0.25, 0.3) is 11.0 Å². The van der Waals surface area contributed by atoms with Gasteiger partial charge >= 0.3 is 6.55 Å². The Balaban J connectivity index is 1.60. The van der Waals surface area contributed by atoms with Gasteiger partial charge in [0.15, 0.2) is 5.16 Å². The summed E-state index contributed by atoms with van der Waals surface area (Å²) in [7, 11) is 0. The maximum absolute atomic E-state index is 13.3. The van der Waals surface area contributed by atoms with Gasteiger partial charge in [-0.1, -0.05) is 42.1 Å². The number of fused-ring (bicyclic) bond motifs is 1. The van der Waals surface area contributed by atoms with Gasteiger partial charge in [-0.25, -0.2) is 4.98 Å². The first-order valence-corrected chi connectivity index (χ1v) is 8.57. The van der Waals surface area contributed by atoms with Crippen LogP contribution in [0, 0.1) is 0 Å². The Morgan fingerprint density at radius 2 is 1.73 bits per heavy atom. The van der Waals surface area contributed by atoms with E-state index in [9.17, 15) is 18.4 Å². The summed E-state index contributed by atoms with van der Waals surface area (Å²) in [6, 6.07) is 14.9. The molecule has 0 spiro atoms. The maximum Gasteiger partial charge on any atom is 0.321 e. The first-order valence-electron chi connectivity index (χ1n) is 7.58. The van der Waals surface area contributed by atoms with E-state index in [2.05, 4.69) is 15.8 Å². The van der Waals surface area contributed by atoms with Crippen LogP contribution in [0.4, 0.5) is 8.78 Å². The fraction of sp³-hybridized carbons (Fsp3) is 0.118. The maximum atomic E-state index is 13.3. The second-order valence-electron chi connectivity index (χ2n) is 5.19. The smallest absolute Gasteiger partial charge is 0.272 e. The molecule has 26 heavy (non-hydrogen) atoms. The number of nitrogens with one attached hydrogen (secondary N) is 2. The minimum atomic E-state index is -2.77. The van der Waals surface area contributed by atoms with Crippen molar-refractivity contribution in [3.05, 3.63) is 60.2 Å². The number of benzene rings is 2. The zero-order valence-electron chi connectivity index (χ0n) is 13.4. The van der Waals surface area contributed by atoms with Crippen molar-refractivity contribution in [1.29, 1.82) is 0 Å². The summed E-state index contributed by atoms with van der Waals surface area (Å²) in [5, 5.41) is 0.0331. The van der Waals surface area contributed by atoms with Gasteiger partial charge in [-0.15, -0.1) is 0 Å². The number of imidazole rings is 1. The molecule has 2 N–H and O–H groups in total. The highest BCUT2D eigenvalue weighted by Crippen LogP contribution is 2.28. The van der Waals surface area contributed by atoms with Crippen molar-refractivity contribution >= 4 is 34.6 Å². The van der Waals surface area contributed by atoms with Gasteiger partial charge < -0.3 is 0 Å². The largest absolute Gasteiger partial charge is 0.321 e. The Kier molecular flexibility index (Phi) is 5.47. The van der Waals surface area contributed by atoms with Gasteiger partial charge in [0.05, 0.1) is 16.8 Å². The molecule has 2 aromatic carbocycles. The molecular formula is C17H14F2N4O2S. The van der Waals surface area contributed by atoms with E-state index in [1.807, 2.05) is 0 Å². The number of hydrogen-bond donors (Lipinski definition) is 2. The van der Waals surface area contributed by atoms with Gasteiger partial charge in [-0.05, 0) is 24.3 Å². The standard InChI is InChI=1S/C17H14F2N4O2S/c18-16(19)23-13-9-5-4-8-12(13)20-17(23)26-10-14(24)21-22-15(25)11-6-2-1-3-7-11/h1-9,16H,10H2,(H,21,24)(H,22,25). The molecule has 0 saturated carbocycles. The first-order chi connectivity index (χ1) is 12.6. The predicted octanol–water partition coefficient (Wildman–Crippen LogP) is 2.98. The molecule has 0 radical (unpaired) electrons. The third-order valence-corrected chi connectivity index (χ3v) is 4.40. The minimum absolute atomic E-state index is 0.0331. The molecule has 6 nitrogen and oxygen atoms in total.